The molecule has 3 aromatic heterocycles. The molecule has 7 heteroatoms. The molecular formula is C14H9N3O4. The van der Waals surface area contributed by atoms with Gasteiger partial charge in [0, 0.05) is 24.2 Å². The molecule has 0 aliphatic heterocycles. The van der Waals surface area contributed by atoms with Crippen molar-refractivity contribution in [3.63, 3.8) is 0 Å². The van der Waals surface area contributed by atoms with E-state index in [0.29, 0.717) is 11.4 Å². The quantitative estimate of drug-likeness (QED) is 0.759. The Hall–Kier alpha value is -3.22. The first-order valence-electron chi connectivity index (χ1n) is 5.97. The van der Waals surface area contributed by atoms with Gasteiger partial charge in [0.2, 0.25) is 0 Å². The third kappa shape index (κ3) is 2.10. The van der Waals surface area contributed by atoms with Crippen LogP contribution in [0.5, 0.6) is 0 Å². The van der Waals surface area contributed by atoms with E-state index in [4.69, 9.17) is 5.11 Å². The minimum absolute atomic E-state index is 0.00572. The lowest BCUT2D eigenvalue weighted by Gasteiger charge is -2.01. The fourth-order valence-corrected chi connectivity index (χ4v) is 2.08. The lowest BCUT2D eigenvalue weighted by Crippen LogP contribution is -2.00. The van der Waals surface area contributed by atoms with Crippen molar-refractivity contribution in [1.82, 2.24) is 14.4 Å². The van der Waals surface area contributed by atoms with Crippen LogP contribution in [0, 0.1) is 0 Å². The zero-order chi connectivity index (χ0) is 15.0. The highest BCUT2D eigenvalue weighted by Crippen LogP contribution is 2.23. The van der Waals surface area contributed by atoms with Gasteiger partial charge in [0.25, 0.3) is 0 Å². The lowest BCUT2D eigenvalue weighted by atomic mass is 10.2. The molecular weight excluding hydrogens is 274 g/mol. The number of imidazole rings is 1. The van der Waals surface area contributed by atoms with Crippen molar-refractivity contribution in [3.05, 3.63) is 54.1 Å². The molecule has 0 saturated carbocycles. The van der Waals surface area contributed by atoms with Crippen LogP contribution < -0.4 is 0 Å². The number of rotatable bonds is 3. The molecule has 7 nitrogen and oxygen atoms in total. The van der Waals surface area contributed by atoms with E-state index in [-0.39, 0.29) is 16.8 Å². The number of pyridine rings is 2. The Morgan fingerprint density at radius 3 is 2.38 bits per heavy atom. The predicted octanol–water partition coefficient (Wildman–Crippen LogP) is 1.79. The summed E-state index contributed by atoms with van der Waals surface area (Å²) in [5.74, 6) is -1.92. The zero-order valence-corrected chi connectivity index (χ0v) is 10.6. The highest BCUT2D eigenvalue weighted by molar-refractivity contribution is 5.97. The van der Waals surface area contributed by atoms with Gasteiger partial charge in [0.05, 0.1) is 11.1 Å². The number of hydrogen-bond acceptors (Lipinski definition) is 4. The maximum Gasteiger partial charge on any atom is 0.356 e. The van der Waals surface area contributed by atoms with Crippen molar-refractivity contribution in [2.24, 2.45) is 0 Å². The zero-order valence-electron chi connectivity index (χ0n) is 10.6. The molecule has 2 N–H and O–H groups in total. The summed E-state index contributed by atoms with van der Waals surface area (Å²) in [6.45, 7) is 0. The third-order valence-corrected chi connectivity index (χ3v) is 3.03. The summed E-state index contributed by atoms with van der Waals surface area (Å²) in [5, 5.41) is 18.2. The van der Waals surface area contributed by atoms with Gasteiger partial charge in [-0.3, -0.25) is 9.38 Å². The summed E-state index contributed by atoms with van der Waals surface area (Å²) < 4.78 is 1.55. The molecule has 0 amide bonds. The monoisotopic (exact) mass is 283 g/mol. The Balaban J connectivity index is 2.33. The van der Waals surface area contributed by atoms with Gasteiger partial charge in [0.15, 0.2) is 5.69 Å². The molecule has 3 heterocycles. The molecule has 0 atom stereocenters. The van der Waals surface area contributed by atoms with Gasteiger partial charge in [-0.15, -0.1) is 0 Å². The van der Waals surface area contributed by atoms with Crippen LogP contribution in [0.2, 0.25) is 0 Å². The number of nitrogens with zero attached hydrogens (tertiary/aromatic N) is 3. The van der Waals surface area contributed by atoms with E-state index in [2.05, 4.69) is 9.97 Å². The highest BCUT2D eigenvalue weighted by Gasteiger charge is 2.19. The summed E-state index contributed by atoms with van der Waals surface area (Å²) in [6.07, 6.45) is 4.64. The van der Waals surface area contributed by atoms with Gasteiger partial charge in [-0.05, 0) is 24.3 Å². The van der Waals surface area contributed by atoms with E-state index in [1.807, 2.05) is 0 Å². The van der Waals surface area contributed by atoms with Crippen LogP contribution in [-0.4, -0.2) is 36.5 Å². The van der Waals surface area contributed by atoms with E-state index in [9.17, 15) is 14.7 Å². The van der Waals surface area contributed by atoms with Gasteiger partial charge in [-0.2, -0.15) is 0 Å². The fourth-order valence-electron chi connectivity index (χ4n) is 2.08. The van der Waals surface area contributed by atoms with E-state index >= 15 is 0 Å². The van der Waals surface area contributed by atoms with E-state index in [1.165, 1.54) is 18.3 Å². The Bertz CT molecular complexity index is 855. The maximum atomic E-state index is 11.3. The molecule has 0 unspecified atom stereocenters. The van der Waals surface area contributed by atoms with Crippen LogP contribution in [-0.2, 0) is 0 Å². The first-order chi connectivity index (χ1) is 10.1. The van der Waals surface area contributed by atoms with Crippen LogP contribution in [0.15, 0.2) is 42.9 Å². The standard InChI is InChI=1S/C14H9N3O4/c18-13(19)9-3-6-17-10(7-9)11(14(20)21)16-12(17)8-1-4-15-5-2-8/h1-7H,(H,18,19)(H,20,21). The second-order valence-corrected chi connectivity index (χ2v) is 4.30. The molecule has 0 fully saturated rings. The predicted molar refractivity (Wildman–Crippen MR) is 72.3 cm³/mol. The van der Waals surface area contributed by atoms with Crippen LogP contribution >= 0.6 is 0 Å². The molecule has 21 heavy (non-hydrogen) atoms. The second kappa shape index (κ2) is 4.71. The van der Waals surface area contributed by atoms with Crippen LogP contribution in [0.1, 0.15) is 20.8 Å². The van der Waals surface area contributed by atoms with E-state index < -0.39 is 11.9 Å². The van der Waals surface area contributed by atoms with Gasteiger partial charge >= 0.3 is 11.9 Å². The fraction of sp³-hybridized carbons (Fsp3) is 0. The Morgan fingerprint density at radius 2 is 1.76 bits per heavy atom. The molecule has 0 aromatic carbocycles. The molecule has 0 spiro atoms. The second-order valence-electron chi connectivity index (χ2n) is 4.30. The maximum absolute atomic E-state index is 11.3. The Labute approximate surface area is 118 Å². The van der Waals surface area contributed by atoms with Crippen molar-refractivity contribution in [1.29, 1.82) is 0 Å². The third-order valence-electron chi connectivity index (χ3n) is 3.03. The molecule has 0 bridgehead atoms. The van der Waals surface area contributed by atoms with Crippen molar-refractivity contribution in [2.75, 3.05) is 0 Å². The molecule has 104 valence electrons. The van der Waals surface area contributed by atoms with E-state index in [0.717, 1.165) is 0 Å². The lowest BCUT2D eigenvalue weighted by molar-refractivity contribution is 0.0682. The van der Waals surface area contributed by atoms with Gasteiger partial charge in [0.1, 0.15) is 5.82 Å². The number of aromatic nitrogens is 3. The van der Waals surface area contributed by atoms with Gasteiger partial charge in [-0.1, -0.05) is 0 Å². The SMILES string of the molecule is O=C(O)c1ccn2c(-c3ccncc3)nc(C(=O)O)c2c1. The number of aromatic carboxylic acids is 2. The van der Waals surface area contributed by atoms with Crippen LogP contribution in [0.25, 0.3) is 16.9 Å². The van der Waals surface area contributed by atoms with Crippen LogP contribution in [0.4, 0.5) is 0 Å². The molecule has 0 saturated heterocycles. The summed E-state index contributed by atoms with van der Waals surface area (Å²) in [5.41, 5.74) is 0.737. The molecule has 3 aromatic rings. The highest BCUT2D eigenvalue weighted by atomic mass is 16.4. The van der Waals surface area contributed by atoms with Crippen molar-refractivity contribution >= 4 is 17.5 Å². The number of carbonyl (C=O) groups is 2. The average Bonchev–Trinajstić information content (AvgIpc) is 2.87. The van der Waals surface area contributed by atoms with Gasteiger partial charge < -0.3 is 10.2 Å². The summed E-state index contributed by atoms with van der Waals surface area (Å²) in [6, 6.07) is 6.09. The number of hydrogen-bond donors (Lipinski definition) is 2. The van der Waals surface area contributed by atoms with Crippen molar-refractivity contribution in [3.8, 4) is 11.4 Å². The van der Waals surface area contributed by atoms with Crippen LogP contribution in [0.3, 0.4) is 0 Å². The minimum Gasteiger partial charge on any atom is -0.478 e. The first-order valence-corrected chi connectivity index (χ1v) is 5.97. The first kappa shape index (κ1) is 12.8. The van der Waals surface area contributed by atoms with Crippen molar-refractivity contribution < 1.29 is 19.8 Å². The summed E-state index contributed by atoms with van der Waals surface area (Å²) >= 11 is 0. The number of carboxylic acid groups (broad SMARTS) is 2. The normalized spacial score (nSPS) is 10.7. The molecule has 0 aliphatic rings. The van der Waals surface area contributed by atoms with Crippen molar-refractivity contribution in [2.45, 2.75) is 0 Å². The number of fused-ring (bicyclic) bond motifs is 1. The smallest absolute Gasteiger partial charge is 0.356 e. The summed E-state index contributed by atoms with van der Waals surface area (Å²) in [7, 11) is 0. The summed E-state index contributed by atoms with van der Waals surface area (Å²) in [4.78, 5) is 30.3. The van der Waals surface area contributed by atoms with Gasteiger partial charge in [-0.25, -0.2) is 14.6 Å². The number of carboxylic acids is 2. The molecule has 0 aliphatic carbocycles. The topological polar surface area (TPSA) is 105 Å². The largest absolute Gasteiger partial charge is 0.478 e. The van der Waals surface area contributed by atoms with E-state index in [1.54, 1.807) is 28.9 Å². The molecule has 0 radical (unpaired) electrons. The molecule has 3 rings (SSSR count). The average molecular weight is 283 g/mol. The Morgan fingerprint density at radius 1 is 1.05 bits per heavy atom. The Kier molecular flexibility index (Phi) is 2.87. The minimum atomic E-state index is -1.21.